The predicted molar refractivity (Wildman–Crippen MR) is 83.0 cm³/mol. The molecule has 0 radical (unpaired) electrons. The van der Waals surface area contributed by atoms with E-state index in [2.05, 4.69) is 48.1 Å². The van der Waals surface area contributed by atoms with Gasteiger partial charge in [-0.25, -0.2) is 0 Å². The van der Waals surface area contributed by atoms with E-state index in [1.54, 1.807) is 6.20 Å². The van der Waals surface area contributed by atoms with Gasteiger partial charge in [0.25, 0.3) is 0 Å². The van der Waals surface area contributed by atoms with Gasteiger partial charge in [-0.15, -0.1) is 0 Å². The lowest BCUT2D eigenvalue weighted by molar-refractivity contribution is 0.371. The summed E-state index contributed by atoms with van der Waals surface area (Å²) in [6, 6.07) is 10.5. The van der Waals surface area contributed by atoms with Gasteiger partial charge in [0.05, 0.1) is 12.3 Å². The lowest BCUT2D eigenvalue weighted by Crippen LogP contribution is -2.28. The highest BCUT2D eigenvalue weighted by molar-refractivity contribution is 6.16. The standard InChI is InChI=1S/C17H17N3O/c1-11-5-6-14-13(8-11)16(12-4-3-7-18-9-12)19-10-15-17(21-15)20(14)2/h3-9,15,17H,10H2,1-2H3. The Hall–Kier alpha value is -2.20. The summed E-state index contributed by atoms with van der Waals surface area (Å²) in [4.78, 5) is 11.3. The molecule has 1 saturated heterocycles. The van der Waals surface area contributed by atoms with Gasteiger partial charge in [0, 0.05) is 36.3 Å². The van der Waals surface area contributed by atoms with Gasteiger partial charge >= 0.3 is 0 Å². The number of aryl methyl sites for hydroxylation is 1. The highest BCUT2D eigenvalue weighted by Crippen LogP contribution is 2.35. The summed E-state index contributed by atoms with van der Waals surface area (Å²) in [6.45, 7) is 2.81. The highest BCUT2D eigenvalue weighted by atomic mass is 16.6. The normalized spacial score (nSPS) is 23.5. The van der Waals surface area contributed by atoms with Crippen LogP contribution in [-0.4, -0.2) is 36.6 Å². The van der Waals surface area contributed by atoms with E-state index in [1.165, 1.54) is 5.56 Å². The van der Waals surface area contributed by atoms with Crippen molar-refractivity contribution in [1.82, 2.24) is 4.98 Å². The minimum absolute atomic E-state index is 0.158. The fraction of sp³-hybridized carbons (Fsp3) is 0.294. The van der Waals surface area contributed by atoms with Gasteiger partial charge in [-0.1, -0.05) is 11.6 Å². The Kier molecular flexibility index (Phi) is 2.79. The number of rotatable bonds is 1. The van der Waals surface area contributed by atoms with E-state index in [9.17, 15) is 0 Å². The minimum Gasteiger partial charge on any atom is -0.346 e. The number of pyridine rings is 1. The highest BCUT2D eigenvalue weighted by Gasteiger charge is 2.44. The molecule has 1 aromatic carbocycles. The molecule has 2 unspecified atom stereocenters. The van der Waals surface area contributed by atoms with Crippen LogP contribution in [0, 0.1) is 6.92 Å². The molecule has 106 valence electrons. The summed E-state index contributed by atoms with van der Waals surface area (Å²) >= 11 is 0. The SMILES string of the molecule is Cc1ccc2c(c1)C(c1cccnc1)=NCC1OC1N2C. The van der Waals surface area contributed by atoms with Crippen LogP contribution >= 0.6 is 0 Å². The molecule has 0 N–H and O–H groups in total. The third kappa shape index (κ3) is 2.12. The largest absolute Gasteiger partial charge is 0.346 e. The molecular formula is C17H17N3O. The lowest BCUT2D eigenvalue weighted by Gasteiger charge is -2.23. The molecule has 3 heterocycles. The van der Waals surface area contributed by atoms with E-state index in [-0.39, 0.29) is 12.3 Å². The number of hydrogen-bond donors (Lipinski definition) is 0. The van der Waals surface area contributed by atoms with Crippen LogP contribution < -0.4 is 4.90 Å². The van der Waals surface area contributed by atoms with Crippen molar-refractivity contribution in [1.29, 1.82) is 0 Å². The molecule has 4 rings (SSSR count). The number of nitrogens with zero attached hydrogens (tertiary/aromatic N) is 3. The Morgan fingerprint density at radius 1 is 1.29 bits per heavy atom. The first kappa shape index (κ1) is 12.5. The molecule has 0 aliphatic carbocycles. The summed E-state index contributed by atoms with van der Waals surface area (Å²) < 4.78 is 5.72. The fourth-order valence-electron chi connectivity index (χ4n) is 2.91. The smallest absolute Gasteiger partial charge is 0.159 e. The Balaban J connectivity index is 1.91. The maximum Gasteiger partial charge on any atom is 0.159 e. The molecule has 1 aromatic heterocycles. The topological polar surface area (TPSA) is 41.0 Å². The number of aromatic nitrogens is 1. The molecule has 4 heteroatoms. The van der Waals surface area contributed by atoms with E-state index in [4.69, 9.17) is 9.73 Å². The van der Waals surface area contributed by atoms with Gasteiger partial charge in [-0.3, -0.25) is 9.98 Å². The quantitative estimate of drug-likeness (QED) is 0.753. The molecule has 0 bridgehead atoms. The fourth-order valence-corrected chi connectivity index (χ4v) is 2.91. The van der Waals surface area contributed by atoms with Crippen molar-refractivity contribution in [2.45, 2.75) is 19.3 Å². The van der Waals surface area contributed by atoms with Crippen LogP contribution in [0.4, 0.5) is 5.69 Å². The first-order valence-corrected chi connectivity index (χ1v) is 7.18. The van der Waals surface area contributed by atoms with Crippen LogP contribution in [-0.2, 0) is 4.74 Å². The number of epoxide rings is 1. The number of ether oxygens (including phenoxy) is 1. The van der Waals surface area contributed by atoms with Gasteiger partial charge in [-0.05, 0) is 31.2 Å². The van der Waals surface area contributed by atoms with Gasteiger partial charge in [0.15, 0.2) is 6.23 Å². The first-order valence-electron chi connectivity index (χ1n) is 7.18. The van der Waals surface area contributed by atoms with E-state index in [0.717, 1.165) is 22.5 Å². The van der Waals surface area contributed by atoms with Crippen LogP contribution in [0.25, 0.3) is 0 Å². The Labute approximate surface area is 124 Å². The Bertz CT molecular complexity index is 711. The molecule has 0 saturated carbocycles. The van der Waals surface area contributed by atoms with E-state index in [1.807, 2.05) is 12.3 Å². The van der Waals surface area contributed by atoms with Gasteiger partial charge in [0.1, 0.15) is 6.10 Å². The molecule has 1 fully saturated rings. The zero-order valence-corrected chi connectivity index (χ0v) is 12.2. The summed E-state index contributed by atoms with van der Waals surface area (Å²) in [6.07, 6.45) is 4.02. The lowest BCUT2D eigenvalue weighted by atomic mass is 9.98. The number of aliphatic imine (C=N–C) groups is 1. The molecule has 4 nitrogen and oxygen atoms in total. The van der Waals surface area contributed by atoms with Crippen LogP contribution in [0.2, 0.25) is 0 Å². The van der Waals surface area contributed by atoms with Crippen LogP contribution in [0.5, 0.6) is 0 Å². The maximum absolute atomic E-state index is 5.72. The predicted octanol–water partition coefficient (Wildman–Crippen LogP) is 2.40. The summed E-state index contributed by atoms with van der Waals surface area (Å²) in [5.74, 6) is 0. The second-order valence-corrected chi connectivity index (χ2v) is 5.63. The van der Waals surface area contributed by atoms with Crippen molar-refractivity contribution in [2.24, 2.45) is 4.99 Å². The minimum atomic E-state index is 0.158. The number of hydrogen-bond acceptors (Lipinski definition) is 4. The Morgan fingerprint density at radius 2 is 2.19 bits per heavy atom. The molecule has 2 aliphatic rings. The summed E-state index contributed by atoms with van der Waals surface area (Å²) in [5, 5.41) is 0. The molecule has 21 heavy (non-hydrogen) atoms. The summed E-state index contributed by atoms with van der Waals surface area (Å²) in [7, 11) is 2.09. The average Bonchev–Trinajstić information content (AvgIpc) is 3.26. The first-order chi connectivity index (χ1) is 10.2. The van der Waals surface area contributed by atoms with Crippen molar-refractivity contribution in [3.05, 3.63) is 59.4 Å². The van der Waals surface area contributed by atoms with Crippen LogP contribution in [0.15, 0.2) is 47.7 Å². The van der Waals surface area contributed by atoms with Crippen molar-refractivity contribution in [3.63, 3.8) is 0 Å². The molecule has 2 atom stereocenters. The second kappa shape index (κ2) is 4.67. The number of anilines is 1. The average molecular weight is 279 g/mol. The Morgan fingerprint density at radius 3 is 3.00 bits per heavy atom. The van der Waals surface area contributed by atoms with E-state index >= 15 is 0 Å². The number of likely N-dealkylation sites (N-methyl/N-ethyl adjacent to an activating group) is 1. The monoisotopic (exact) mass is 279 g/mol. The van der Waals surface area contributed by atoms with Crippen LogP contribution in [0.1, 0.15) is 16.7 Å². The van der Waals surface area contributed by atoms with Gasteiger partial charge in [0.2, 0.25) is 0 Å². The number of benzene rings is 1. The van der Waals surface area contributed by atoms with Crippen molar-refractivity contribution < 1.29 is 4.74 Å². The zero-order chi connectivity index (χ0) is 14.4. The third-order valence-corrected chi connectivity index (χ3v) is 4.09. The molecular weight excluding hydrogens is 262 g/mol. The second-order valence-electron chi connectivity index (χ2n) is 5.63. The van der Waals surface area contributed by atoms with E-state index in [0.29, 0.717) is 6.54 Å². The maximum atomic E-state index is 5.72. The van der Waals surface area contributed by atoms with Crippen molar-refractivity contribution >= 4 is 11.4 Å². The van der Waals surface area contributed by atoms with Gasteiger partial charge in [-0.2, -0.15) is 0 Å². The van der Waals surface area contributed by atoms with Crippen LogP contribution in [0.3, 0.4) is 0 Å². The van der Waals surface area contributed by atoms with Crippen molar-refractivity contribution in [3.8, 4) is 0 Å². The molecule has 0 spiro atoms. The van der Waals surface area contributed by atoms with E-state index < -0.39 is 0 Å². The molecule has 2 aliphatic heterocycles. The third-order valence-electron chi connectivity index (χ3n) is 4.09. The zero-order valence-electron chi connectivity index (χ0n) is 12.2. The van der Waals surface area contributed by atoms with Crippen molar-refractivity contribution in [2.75, 3.05) is 18.5 Å². The summed E-state index contributed by atoms with van der Waals surface area (Å²) in [5.41, 5.74) is 5.60. The molecule has 0 amide bonds. The van der Waals surface area contributed by atoms with Gasteiger partial charge < -0.3 is 9.64 Å². The number of fused-ring (bicyclic) bond motifs is 2. The molecule has 2 aromatic rings.